The van der Waals surface area contributed by atoms with E-state index in [-0.39, 0.29) is 5.41 Å². The summed E-state index contributed by atoms with van der Waals surface area (Å²) in [6, 6.07) is 1.24. The molecule has 5 nitrogen and oxygen atoms in total. The first-order chi connectivity index (χ1) is 9.40. The maximum atomic E-state index is 13.2. The molecule has 1 aliphatic rings. The average Bonchev–Trinajstić information content (AvgIpc) is 2.88. The van der Waals surface area contributed by atoms with E-state index in [4.69, 9.17) is 0 Å². The molecule has 0 aliphatic heterocycles. The van der Waals surface area contributed by atoms with Crippen LogP contribution in [0.3, 0.4) is 0 Å². The maximum absolute atomic E-state index is 13.2. The Kier molecular flexibility index (Phi) is 3.50. The number of hydrogen-bond donors (Lipinski definition) is 1. The van der Waals surface area contributed by atoms with Crippen molar-refractivity contribution in [1.82, 2.24) is 14.6 Å². The topological polar surface area (TPSA) is 67.5 Å². The normalized spacial score (nSPS) is 19.4. The number of carboxylic acid groups (broad SMARTS) is 1. The van der Waals surface area contributed by atoms with Crippen molar-refractivity contribution in [2.75, 3.05) is 0 Å². The molecule has 1 aliphatic carbocycles. The molecule has 1 atom stereocenters. The van der Waals surface area contributed by atoms with Gasteiger partial charge >= 0.3 is 5.97 Å². The van der Waals surface area contributed by atoms with Gasteiger partial charge in [-0.25, -0.2) is 9.50 Å². The van der Waals surface area contributed by atoms with Gasteiger partial charge in [-0.1, -0.05) is 27.7 Å². The molecule has 3 rings (SSSR count). The van der Waals surface area contributed by atoms with Gasteiger partial charge in [0.25, 0.3) is 0 Å². The Balaban J connectivity index is 0.000000704. The number of carboxylic acids is 1. The van der Waals surface area contributed by atoms with Gasteiger partial charge in [-0.2, -0.15) is 4.39 Å². The number of nitrogens with zero attached hydrogens (tertiary/aromatic N) is 3. The Morgan fingerprint density at radius 1 is 1.50 bits per heavy atom. The van der Waals surface area contributed by atoms with Crippen LogP contribution in [0.2, 0.25) is 0 Å². The van der Waals surface area contributed by atoms with E-state index in [9.17, 15) is 14.3 Å². The SMILES string of the molecule is CC.CC1(C)CC(C(=O)O)c2cnc3cc(F)nn3c21. The average molecular weight is 279 g/mol. The number of carbonyl (C=O) groups is 1. The molecule has 2 aromatic rings. The molecule has 0 saturated carbocycles. The minimum absolute atomic E-state index is 0.363. The van der Waals surface area contributed by atoms with Crippen LogP contribution in [0.1, 0.15) is 51.3 Å². The largest absolute Gasteiger partial charge is 0.481 e. The second kappa shape index (κ2) is 4.85. The lowest BCUT2D eigenvalue weighted by molar-refractivity contribution is -0.139. The smallest absolute Gasteiger partial charge is 0.311 e. The maximum Gasteiger partial charge on any atom is 0.311 e. The van der Waals surface area contributed by atoms with E-state index in [0.717, 1.165) is 5.69 Å². The van der Waals surface area contributed by atoms with Crippen molar-refractivity contribution >= 4 is 11.6 Å². The van der Waals surface area contributed by atoms with Gasteiger partial charge in [0.05, 0.1) is 11.6 Å². The number of fused-ring (bicyclic) bond motifs is 3. The van der Waals surface area contributed by atoms with Crippen molar-refractivity contribution in [1.29, 1.82) is 0 Å². The van der Waals surface area contributed by atoms with Crippen LogP contribution in [-0.2, 0) is 10.2 Å². The molecule has 20 heavy (non-hydrogen) atoms. The van der Waals surface area contributed by atoms with E-state index < -0.39 is 17.8 Å². The Labute approximate surface area is 116 Å². The van der Waals surface area contributed by atoms with E-state index >= 15 is 0 Å². The fraction of sp³-hybridized carbons (Fsp3) is 0.500. The molecule has 0 fully saturated rings. The van der Waals surface area contributed by atoms with Crippen LogP contribution in [0.15, 0.2) is 12.3 Å². The summed E-state index contributed by atoms with van der Waals surface area (Å²) in [7, 11) is 0. The van der Waals surface area contributed by atoms with E-state index in [1.165, 1.54) is 16.8 Å². The van der Waals surface area contributed by atoms with E-state index in [2.05, 4.69) is 10.1 Å². The Bertz CT molecular complexity index is 664. The van der Waals surface area contributed by atoms with Gasteiger partial charge in [0.2, 0.25) is 5.95 Å². The molecule has 0 aromatic carbocycles. The summed E-state index contributed by atoms with van der Waals surface area (Å²) < 4.78 is 14.6. The number of hydrogen-bond acceptors (Lipinski definition) is 3. The van der Waals surface area contributed by atoms with Crippen molar-refractivity contribution in [3.8, 4) is 0 Å². The second-order valence-corrected chi connectivity index (χ2v) is 5.28. The highest BCUT2D eigenvalue weighted by molar-refractivity contribution is 5.78. The lowest BCUT2D eigenvalue weighted by Gasteiger charge is -2.19. The number of aromatic nitrogens is 3. The Morgan fingerprint density at radius 3 is 2.75 bits per heavy atom. The van der Waals surface area contributed by atoms with Gasteiger partial charge in [0, 0.05) is 23.2 Å². The molecule has 108 valence electrons. The summed E-state index contributed by atoms with van der Waals surface area (Å²) in [6.07, 6.45) is 2.00. The molecule has 0 amide bonds. The third-order valence-electron chi connectivity index (χ3n) is 3.51. The first-order valence-corrected chi connectivity index (χ1v) is 6.67. The van der Waals surface area contributed by atoms with Gasteiger partial charge in [-0.3, -0.25) is 4.79 Å². The van der Waals surface area contributed by atoms with Crippen molar-refractivity contribution < 1.29 is 14.3 Å². The van der Waals surface area contributed by atoms with Gasteiger partial charge < -0.3 is 5.11 Å². The first-order valence-electron chi connectivity index (χ1n) is 6.67. The standard InChI is InChI=1S/C12H12FN3O2.C2H6/c1-12(2)4-6(11(17)18)7-5-14-9-3-8(13)15-16(9)10(7)12;1-2/h3,5-6H,4H2,1-2H3,(H,17,18);1-2H3. The van der Waals surface area contributed by atoms with Crippen LogP contribution in [0.4, 0.5) is 4.39 Å². The van der Waals surface area contributed by atoms with Gasteiger partial charge in [0.15, 0.2) is 5.65 Å². The molecule has 0 bridgehead atoms. The van der Waals surface area contributed by atoms with Gasteiger partial charge in [0.1, 0.15) is 0 Å². The summed E-state index contributed by atoms with van der Waals surface area (Å²) in [5.74, 6) is -2.08. The first kappa shape index (κ1) is 14.4. The summed E-state index contributed by atoms with van der Waals surface area (Å²) in [5.41, 5.74) is 1.41. The zero-order valence-electron chi connectivity index (χ0n) is 12.0. The fourth-order valence-electron chi connectivity index (χ4n) is 2.79. The van der Waals surface area contributed by atoms with Crippen LogP contribution in [0.5, 0.6) is 0 Å². The molecule has 2 heterocycles. The highest BCUT2D eigenvalue weighted by Gasteiger charge is 2.43. The molecule has 0 spiro atoms. The van der Waals surface area contributed by atoms with Crippen LogP contribution < -0.4 is 0 Å². The van der Waals surface area contributed by atoms with Crippen LogP contribution in [0, 0.1) is 5.95 Å². The second-order valence-electron chi connectivity index (χ2n) is 5.28. The summed E-state index contributed by atoms with van der Waals surface area (Å²) in [6.45, 7) is 7.88. The lowest BCUT2D eigenvalue weighted by Crippen LogP contribution is -2.18. The molecule has 1 N–H and O–H groups in total. The predicted molar refractivity (Wildman–Crippen MR) is 72.3 cm³/mol. The monoisotopic (exact) mass is 279 g/mol. The quantitative estimate of drug-likeness (QED) is 0.871. The van der Waals surface area contributed by atoms with E-state index in [1.807, 2.05) is 27.7 Å². The highest BCUT2D eigenvalue weighted by atomic mass is 19.1. The van der Waals surface area contributed by atoms with Crippen LogP contribution in [-0.4, -0.2) is 25.7 Å². The van der Waals surface area contributed by atoms with Crippen molar-refractivity contribution in [2.24, 2.45) is 0 Å². The molecule has 1 unspecified atom stereocenters. The molecule has 2 aromatic heterocycles. The molecule has 0 saturated heterocycles. The number of rotatable bonds is 1. The van der Waals surface area contributed by atoms with Crippen molar-refractivity contribution in [2.45, 2.75) is 45.4 Å². The summed E-state index contributed by atoms with van der Waals surface area (Å²) in [4.78, 5) is 15.3. The van der Waals surface area contributed by atoms with Crippen molar-refractivity contribution in [3.63, 3.8) is 0 Å². The van der Waals surface area contributed by atoms with Gasteiger partial charge in [-0.05, 0) is 6.42 Å². The van der Waals surface area contributed by atoms with E-state index in [0.29, 0.717) is 17.6 Å². The number of aliphatic carboxylic acids is 1. The molecular weight excluding hydrogens is 261 g/mol. The zero-order valence-corrected chi connectivity index (χ0v) is 12.0. The lowest BCUT2D eigenvalue weighted by atomic mass is 9.89. The van der Waals surface area contributed by atoms with E-state index in [1.54, 1.807) is 0 Å². The Hall–Kier alpha value is -1.98. The fourth-order valence-corrected chi connectivity index (χ4v) is 2.79. The summed E-state index contributed by atoms with van der Waals surface area (Å²) >= 11 is 0. The molecule has 0 radical (unpaired) electrons. The zero-order chi connectivity index (χ0) is 15.1. The van der Waals surface area contributed by atoms with Gasteiger partial charge in [-0.15, -0.1) is 5.10 Å². The molecular formula is C14H18FN3O2. The minimum Gasteiger partial charge on any atom is -0.481 e. The minimum atomic E-state index is -0.879. The van der Waals surface area contributed by atoms with Crippen molar-refractivity contribution in [3.05, 3.63) is 29.5 Å². The Morgan fingerprint density at radius 2 is 2.15 bits per heavy atom. The molecule has 6 heteroatoms. The highest BCUT2D eigenvalue weighted by Crippen LogP contribution is 2.45. The third-order valence-corrected chi connectivity index (χ3v) is 3.51. The summed E-state index contributed by atoms with van der Waals surface area (Å²) in [5, 5.41) is 13.0. The number of halogens is 1. The third kappa shape index (κ3) is 2.05. The van der Waals surface area contributed by atoms with Crippen LogP contribution in [0.25, 0.3) is 5.65 Å². The predicted octanol–water partition coefficient (Wildman–Crippen LogP) is 2.74. The van der Waals surface area contributed by atoms with Crippen LogP contribution >= 0.6 is 0 Å².